The molecule has 0 atom stereocenters. The van der Waals surface area contributed by atoms with Crippen molar-refractivity contribution in [3.05, 3.63) is 41.0 Å². The summed E-state index contributed by atoms with van der Waals surface area (Å²) in [5.41, 5.74) is 7.51. The van der Waals surface area contributed by atoms with Crippen molar-refractivity contribution in [3.8, 4) is 11.8 Å². The van der Waals surface area contributed by atoms with Gasteiger partial charge in [0.15, 0.2) is 11.6 Å². The third-order valence-corrected chi connectivity index (χ3v) is 2.51. The second-order valence-electron chi connectivity index (χ2n) is 3.84. The number of nitrogens with two attached hydrogens (primary N) is 1. The van der Waals surface area contributed by atoms with Gasteiger partial charge in [-0.15, -0.1) is 5.10 Å². The zero-order chi connectivity index (χ0) is 13.1. The molecular weight excluding hydrogens is 235 g/mol. The fourth-order valence-corrected chi connectivity index (χ4v) is 1.33. The molecule has 2 aromatic rings. The number of benzene rings is 1. The van der Waals surface area contributed by atoms with E-state index in [0.717, 1.165) is 0 Å². The van der Waals surface area contributed by atoms with Crippen molar-refractivity contribution in [2.75, 3.05) is 0 Å². The predicted octanol–water partition coefficient (Wildman–Crippen LogP) is 1.88. The quantitative estimate of drug-likeness (QED) is 0.897. The molecule has 5 nitrogen and oxygen atoms in total. The minimum Gasteiger partial charge on any atom is -0.420 e. The van der Waals surface area contributed by atoms with Crippen LogP contribution in [0.5, 0.6) is 11.8 Å². The molecule has 1 aromatic heterocycles. The Kier molecular flexibility index (Phi) is 3.47. The highest BCUT2D eigenvalue weighted by atomic mass is 19.1. The predicted molar refractivity (Wildman–Crippen MR) is 63.7 cm³/mol. The van der Waals surface area contributed by atoms with E-state index in [4.69, 9.17) is 10.5 Å². The Balaban J connectivity index is 2.25. The van der Waals surface area contributed by atoms with Crippen LogP contribution in [0.1, 0.15) is 17.0 Å². The van der Waals surface area contributed by atoms with Crippen molar-refractivity contribution < 1.29 is 9.13 Å². The lowest BCUT2D eigenvalue weighted by atomic mass is 10.2. The van der Waals surface area contributed by atoms with Crippen LogP contribution in [0.15, 0.2) is 18.2 Å². The molecule has 1 aromatic carbocycles. The van der Waals surface area contributed by atoms with Crippen LogP contribution in [0.3, 0.4) is 0 Å². The fraction of sp³-hybridized carbons (Fsp3) is 0.250. The van der Waals surface area contributed by atoms with Crippen LogP contribution in [0, 0.1) is 19.7 Å². The Morgan fingerprint density at radius 1 is 1.22 bits per heavy atom. The van der Waals surface area contributed by atoms with Crippen LogP contribution in [-0.2, 0) is 6.54 Å². The molecule has 0 aliphatic carbocycles. The highest BCUT2D eigenvalue weighted by Gasteiger charge is 2.09. The van der Waals surface area contributed by atoms with Gasteiger partial charge in [0.25, 0.3) is 0 Å². The van der Waals surface area contributed by atoms with Gasteiger partial charge in [0.1, 0.15) is 0 Å². The van der Waals surface area contributed by atoms with E-state index >= 15 is 0 Å². The minimum absolute atomic E-state index is 0.0255. The molecule has 0 saturated heterocycles. The summed E-state index contributed by atoms with van der Waals surface area (Å²) in [6.07, 6.45) is 0. The van der Waals surface area contributed by atoms with Gasteiger partial charge in [-0.1, -0.05) is 11.2 Å². The van der Waals surface area contributed by atoms with Crippen molar-refractivity contribution in [3.63, 3.8) is 0 Å². The monoisotopic (exact) mass is 248 g/mol. The first-order valence-electron chi connectivity index (χ1n) is 5.44. The van der Waals surface area contributed by atoms with E-state index in [2.05, 4.69) is 15.2 Å². The number of hydrogen-bond donors (Lipinski definition) is 1. The topological polar surface area (TPSA) is 73.9 Å². The van der Waals surface area contributed by atoms with E-state index in [-0.39, 0.29) is 18.3 Å². The van der Waals surface area contributed by atoms with Crippen molar-refractivity contribution in [2.45, 2.75) is 20.4 Å². The molecule has 0 saturated carbocycles. The van der Waals surface area contributed by atoms with E-state index in [0.29, 0.717) is 17.0 Å². The van der Waals surface area contributed by atoms with Crippen molar-refractivity contribution in [1.82, 2.24) is 15.2 Å². The smallest absolute Gasteiger partial charge is 0.341 e. The van der Waals surface area contributed by atoms with Gasteiger partial charge in [-0.25, -0.2) is 4.39 Å². The highest BCUT2D eigenvalue weighted by molar-refractivity contribution is 5.31. The van der Waals surface area contributed by atoms with Gasteiger partial charge in [-0.05, 0) is 31.5 Å². The van der Waals surface area contributed by atoms with Gasteiger partial charge in [0.05, 0.1) is 11.4 Å². The Morgan fingerprint density at radius 3 is 2.61 bits per heavy atom. The Labute approximate surface area is 104 Å². The molecule has 2 rings (SSSR count). The van der Waals surface area contributed by atoms with Crippen LogP contribution < -0.4 is 10.5 Å². The number of hydrogen-bond acceptors (Lipinski definition) is 5. The largest absolute Gasteiger partial charge is 0.420 e. The average molecular weight is 248 g/mol. The Bertz CT molecular complexity index is 574. The summed E-state index contributed by atoms with van der Waals surface area (Å²) in [7, 11) is 0. The Morgan fingerprint density at radius 2 is 2.00 bits per heavy atom. The standard InChI is InChI=1S/C12H13FN4O/c1-7-8(2)16-17-12(15-7)18-11-4-3-9(6-14)5-10(11)13/h3-5H,6,14H2,1-2H3. The second kappa shape index (κ2) is 5.05. The lowest BCUT2D eigenvalue weighted by molar-refractivity contribution is 0.402. The van der Waals surface area contributed by atoms with Gasteiger partial charge < -0.3 is 10.5 Å². The number of rotatable bonds is 3. The lowest BCUT2D eigenvalue weighted by Gasteiger charge is -2.06. The molecule has 0 fully saturated rings. The molecule has 0 amide bonds. The Hall–Kier alpha value is -2.08. The van der Waals surface area contributed by atoms with Gasteiger partial charge >= 0.3 is 6.01 Å². The first-order chi connectivity index (χ1) is 8.60. The van der Waals surface area contributed by atoms with E-state index in [1.807, 2.05) is 0 Å². The summed E-state index contributed by atoms with van der Waals surface area (Å²) in [4.78, 5) is 4.06. The van der Waals surface area contributed by atoms with Gasteiger partial charge in [-0.3, -0.25) is 0 Å². The highest BCUT2D eigenvalue weighted by Crippen LogP contribution is 2.22. The molecule has 2 N–H and O–H groups in total. The first-order valence-corrected chi connectivity index (χ1v) is 5.44. The molecule has 0 bridgehead atoms. The normalized spacial score (nSPS) is 10.4. The summed E-state index contributed by atoms with van der Waals surface area (Å²) < 4.78 is 18.9. The first kappa shape index (κ1) is 12.4. The summed E-state index contributed by atoms with van der Waals surface area (Å²) in [6, 6.07) is 4.53. The maximum Gasteiger partial charge on any atom is 0.341 e. The fourth-order valence-electron chi connectivity index (χ4n) is 1.33. The van der Waals surface area contributed by atoms with Crippen LogP contribution >= 0.6 is 0 Å². The van der Waals surface area contributed by atoms with Crippen molar-refractivity contribution in [2.24, 2.45) is 5.73 Å². The molecule has 0 aliphatic heterocycles. The summed E-state index contributed by atoms with van der Waals surface area (Å²) in [5.74, 6) is -0.447. The zero-order valence-electron chi connectivity index (χ0n) is 10.1. The molecule has 6 heteroatoms. The number of ether oxygens (including phenoxy) is 1. The van der Waals surface area contributed by atoms with E-state index in [9.17, 15) is 4.39 Å². The molecule has 94 valence electrons. The van der Waals surface area contributed by atoms with E-state index < -0.39 is 5.82 Å². The number of aromatic nitrogens is 3. The summed E-state index contributed by atoms with van der Waals surface area (Å²) >= 11 is 0. The third-order valence-electron chi connectivity index (χ3n) is 2.51. The molecule has 0 unspecified atom stereocenters. The van der Waals surface area contributed by atoms with Crippen LogP contribution in [0.4, 0.5) is 4.39 Å². The summed E-state index contributed by atoms with van der Waals surface area (Å²) in [6.45, 7) is 3.85. The molecule has 0 radical (unpaired) electrons. The second-order valence-corrected chi connectivity index (χ2v) is 3.84. The van der Waals surface area contributed by atoms with Crippen molar-refractivity contribution >= 4 is 0 Å². The number of halogens is 1. The van der Waals surface area contributed by atoms with Gasteiger partial charge in [-0.2, -0.15) is 4.98 Å². The van der Waals surface area contributed by atoms with Crippen LogP contribution in [0.25, 0.3) is 0 Å². The van der Waals surface area contributed by atoms with Crippen molar-refractivity contribution in [1.29, 1.82) is 0 Å². The molecule has 1 heterocycles. The lowest BCUT2D eigenvalue weighted by Crippen LogP contribution is -2.01. The van der Waals surface area contributed by atoms with Crippen LogP contribution in [-0.4, -0.2) is 15.2 Å². The molecule has 0 aliphatic rings. The maximum atomic E-state index is 13.6. The molecule has 18 heavy (non-hydrogen) atoms. The number of nitrogens with zero attached hydrogens (tertiary/aromatic N) is 3. The minimum atomic E-state index is -0.500. The number of aryl methyl sites for hydroxylation is 2. The molecule has 0 spiro atoms. The van der Waals surface area contributed by atoms with Gasteiger partial charge in [0, 0.05) is 6.54 Å². The SMILES string of the molecule is Cc1nnc(Oc2ccc(CN)cc2F)nc1C. The third kappa shape index (κ3) is 2.60. The maximum absolute atomic E-state index is 13.6. The zero-order valence-corrected chi connectivity index (χ0v) is 10.1. The van der Waals surface area contributed by atoms with Crippen LogP contribution in [0.2, 0.25) is 0 Å². The van der Waals surface area contributed by atoms with E-state index in [1.165, 1.54) is 12.1 Å². The van der Waals surface area contributed by atoms with Gasteiger partial charge in [0.2, 0.25) is 0 Å². The summed E-state index contributed by atoms with van der Waals surface area (Å²) in [5, 5.41) is 7.60. The van der Waals surface area contributed by atoms with E-state index in [1.54, 1.807) is 19.9 Å². The average Bonchev–Trinajstić information content (AvgIpc) is 2.36. The molecular formula is C12H13FN4O.